The second-order valence-electron chi connectivity index (χ2n) is 5.22. The number of carbonyl (C=O) groups excluding carboxylic acids is 1. The fourth-order valence-electron chi connectivity index (χ4n) is 2.37. The molecule has 2 heteroatoms. The van der Waals surface area contributed by atoms with Gasteiger partial charge in [-0.05, 0) is 41.0 Å². The fraction of sp³-hybridized carbons (Fsp3) is 0.0500. The van der Waals surface area contributed by atoms with Gasteiger partial charge in [0.15, 0.2) is 0 Å². The highest BCUT2D eigenvalue weighted by molar-refractivity contribution is 5.96. The van der Waals surface area contributed by atoms with Gasteiger partial charge in [-0.2, -0.15) is 0 Å². The molecule has 0 saturated carbocycles. The first-order valence-corrected chi connectivity index (χ1v) is 7.11. The van der Waals surface area contributed by atoms with Crippen molar-refractivity contribution in [2.24, 2.45) is 0 Å². The third-order valence-electron chi connectivity index (χ3n) is 3.51. The standard InChI is InChI=1S/C20H16O2/c1-14(2)20(21)22-17-12-10-16(11-13-17)19-9-5-7-15-6-3-4-8-18(15)19/h3-13H,1H2,2H3. The van der Waals surface area contributed by atoms with E-state index in [1.54, 1.807) is 19.1 Å². The summed E-state index contributed by atoms with van der Waals surface area (Å²) in [5.74, 6) is 0.120. The normalized spacial score (nSPS) is 10.4. The van der Waals surface area contributed by atoms with E-state index in [2.05, 4.69) is 30.8 Å². The molecule has 0 spiro atoms. The van der Waals surface area contributed by atoms with Crippen LogP contribution in [0.3, 0.4) is 0 Å². The highest BCUT2D eigenvalue weighted by Crippen LogP contribution is 2.29. The molecule has 0 aromatic heterocycles. The lowest BCUT2D eigenvalue weighted by Crippen LogP contribution is -2.07. The predicted molar refractivity (Wildman–Crippen MR) is 89.8 cm³/mol. The Bertz CT molecular complexity index is 840. The molecule has 0 unspecified atom stereocenters. The van der Waals surface area contributed by atoms with E-state index in [0.29, 0.717) is 11.3 Å². The molecule has 0 aliphatic carbocycles. The summed E-state index contributed by atoms with van der Waals surface area (Å²) in [6.45, 7) is 5.21. The molecule has 0 N–H and O–H groups in total. The number of hydrogen-bond donors (Lipinski definition) is 0. The summed E-state index contributed by atoms with van der Waals surface area (Å²) in [7, 11) is 0. The minimum absolute atomic E-state index is 0.387. The average molecular weight is 288 g/mol. The van der Waals surface area contributed by atoms with Crippen molar-refractivity contribution in [3.63, 3.8) is 0 Å². The van der Waals surface area contributed by atoms with Gasteiger partial charge in [0, 0.05) is 5.57 Å². The van der Waals surface area contributed by atoms with Crippen LogP contribution in [0.4, 0.5) is 0 Å². The second kappa shape index (κ2) is 5.86. The summed E-state index contributed by atoms with van der Waals surface area (Å²) in [6.07, 6.45) is 0. The number of benzene rings is 3. The van der Waals surface area contributed by atoms with Gasteiger partial charge in [-0.15, -0.1) is 0 Å². The van der Waals surface area contributed by atoms with Gasteiger partial charge in [0.2, 0.25) is 0 Å². The Hall–Kier alpha value is -2.87. The molecule has 3 aromatic carbocycles. The smallest absolute Gasteiger partial charge is 0.338 e. The first-order chi connectivity index (χ1) is 10.6. The number of fused-ring (bicyclic) bond motifs is 1. The van der Waals surface area contributed by atoms with Crippen molar-refractivity contribution in [2.75, 3.05) is 0 Å². The Balaban J connectivity index is 1.95. The molecule has 0 fully saturated rings. The predicted octanol–water partition coefficient (Wildman–Crippen LogP) is 4.99. The third-order valence-corrected chi connectivity index (χ3v) is 3.51. The van der Waals surface area contributed by atoms with E-state index in [9.17, 15) is 4.79 Å². The maximum atomic E-state index is 11.5. The quantitative estimate of drug-likeness (QED) is 0.385. The van der Waals surface area contributed by atoms with Crippen LogP contribution < -0.4 is 4.74 Å². The Morgan fingerprint density at radius 1 is 0.909 bits per heavy atom. The molecule has 0 amide bonds. The maximum Gasteiger partial charge on any atom is 0.338 e. The maximum absolute atomic E-state index is 11.5. The van der Waals surface area contributed by atoms with Crippen molar-refractivity contribution in [3.05, 3.63) is 78.9 Å². The fourth-order valence-corrected chi connectivity index (χ4v) is 2.37. The van der Waals surface area contributed by atoms with Crippen molar-refractivity contribution < 1.29 is 9.53 Å². The van der Waals surface area contributed by atoms with Gasteiger partial charge in [0.1, 0.15) is 5.75 Å². The summed E-state index contributed by atoms with van der Waals surface area (Å²) in [4.78, 5) is 11.5. The average Bonchev–Trinajstić information content (AvgIpc) is 2.55. The Kier molecular flexibility index (Phi) is 3.75. The molecular formula is C20H16O2. The van der Waals surface area contributed by atoms with Gasteiger partial charge in [0.25, 0.3) is 0 Å². The molecule has 3 rings (SSSR count). The number of esters is 1. The zero-order valence-electron chi connectivity index (χ0n) is 12.4. The Morgan fingerprint density at radius 2 is 1.59 bits per heavy atom. The molecule has 0 saturated heterocycles. The zero-order chi connectivity index (χ0) is 15.5. The molecule has 3 aromatic rings. The minimum Gasteiger partial charge on any atom is -0.423 e. The first-order valence-electron chi connectivity index (χ1n) is 7.11. The van der Waals surface area contributed by atoms with Crippen molar-refractivity contribution in [1.82, 2.24) is 0 Å². The van der Waals surface area contributed by atoms with Crippen molar-refractivity contribution >= 4 is 16.7 Å². The summed E-state index contributed by atoms with van der Waals surface area (Å²) in [6, 6.07) is 22.1. The van der Waals surface area contributed by atoms with E-state index in [4.69, 9.17) is 4.74 Å². The SMILES string of the molecule is C=C(C)C(=O)Oc1ccc(-c2cccc3ccccc23)cc1. The van der Waals surface area contributed by atoms with Crippen molar-refractivity contribution in [3.8, 4) is 16.9 Å². The van der Waals surface area contributed by atoms with E-state index >= 15 is 0 Å². The molecule has 2 nitrogen and oxygen atoms in total. The van der Waals surface area contributed by atoms with E-state index in [1.165, 1.54) is 10.8 Å². The molecular weight excluding hydrogens is 272 g/mol. The van der Waals surface area contributed by atoms with Crippen LogP contribution in [0.1, 0.15) is 6.92 Å². The van der Waals surface area contributed by atoms with Crippen LogP contribution in [-0.4, -0.2) is 5.97 Å². The lowest BCUT2D eigenvalue weighted by Gasteiger charge is -2.08. The van der Waals surface area contributed by atoms with Gasteiger partial charge in [-0.1, -0.05) is 61.2 Å². The summed E-state index contributed by atoms with van der Waals surface area (Å²) < 4.78 is 5.22. The highest BCUT2D eigenvalue weighted by Gasteiger charge is 2.07. The third kappa shape index (κ3) is 2.77. The van der Waals surface area contributed by atoms with E-state index in [-0.39, 0.29) is 0 Å². The highest BCUT2D eigenvalue weighted by atomic mass is 16.5. The summed E-state index contributed by atoms with van der Waals surface area (Å²) >= 11 is 0. The van der Waals surface area contributed by atoms with Crippen LogP contribution >= 0.6 is 0 Å². The van der Waals surface area contributed by atoms with Crippen LogP contribution in [0.25, 0.3) is 21.9 Å². The van der Waals surface area contributed by atoms with Crippen LogP contribution in [0, 0.1) is 0 Å². The largest absolute Gasteiger partial charge is 0.423 e. The molecule has 108 valence electrons. The van der Waals surface area contributed by atoms with E-state index in [1.807, 2.05) is 30.3 Å². The molecule has 0 radical (unpaired) electrons. The Labute approximate surface area is 129 Å². The molecule has 22 heavy (non-hydrogen) atoms. The summed E-state index contributed by atoms with van der Waals surface area (Å²) in [5, 5.41) is 2.41. The second-order valence-corrected chi connectivity index (χ2v) is 5.22. The number of ether oxygens (including phenoxy) is 1. The molecule has 0 heterocycles. The van der Waals surface area contributed by atoms with E-state index in [0.717, 1.165) is 11.1 Å². The lowest BCUT2D eigenvalue weighted by molar-refractivity contribution is -0.130. The van der Waals surface area contributed by atoms with Gasteiger partial charge in [-0.25, -0.2) is 4.79 Å². The summed E-state index contributed by atoms with van der Waals surface area (Å²) in [5.41, 5.74) is 2.64. The van der Waals surface area contributed by atoms with Gasteiger partial charge < -0.3 is 4.74 Å². The van der Waals surface area contributed by atoms with Crippen LogP contribution in [-0.2, 0) is 4.79 Å². The number of hydrogen-bond acceptors (Lipinski definition) is 2. The number of rotatable bonds is 3. The Morgan fingerprint density at radius 3 is 2.32 bits per heavy atom. The van der Waals surface area contributed by atoms with Gasteiger partial charge in [-0.3, -0.25) is 0 Å². The molecule has 0 atom stereocenters. The van der Waals surface area contributed by atoms with Gasteiger partial charge in [0.05, 0.1) is 0 Å². The van der Waals surface area contributed by atoms with Crippen LogP contribution in [0.2, 0.25) is 0 Å². The monoisotopic (exact) mass is 288 g/mol. The van der Waals surface area contributed by atoms with Crippen molar-refractivity contribution in [1.29, 1.82) is 0 Å². The van der Waals surface area contributed by atoms with E-state index < -0.39 is 5.97 Å². The molecule has 0 bridgehead atoms. The van der Waals surface area contributed by atoms with Crippen molar-refractivity contribution in [2.45, 2.75) is 6.92 Å². The van der Waals surface area contributed by atoms with Gasteiger partial charge >= 0.3 is 5.97 Å². The first kappa shape index (κ1) is 14.1. The van der Waals surface area contributed by atoms with Crippen LogP contribution in [0.5, 0.6) is 5.75 Å². The lowest BCUT2D eigenvalue weighted by atomic mass is 9.98. The molecule has 0 aliphatic heterocycles. The zero-order valence-corrected chi connectivity index (χ0v) is 12.4. The molecule has 0 aliphatic rings. The topological polar surface area (TPSA) is 26.3 Å². The number of carbonyl (C=O) groups is 1. The van der Waals surface area contributed by atoms with Crippen LogP contribution in [0.15, 0.2) is 78.9 Å². The minimum atomic E-state index is -0.405.